The number of fused-ring (bicyclic) bond motifs is 1. The molecule has 1 saturated heterocycles. The number of nitrogens with one attached hydrogen (secondary N) is 1. The third-order valence-electron chi connectivity index (χ3n) is 5.73. The zero-order valence-corrected chi connectivity index (χ0v) is 18.4. The normalized spacial score (nSPS) is 16.7. The highest BCUT2D eigenvalue weighted by Gasteiger charge is 2.27. The Morgan fingerprint density at radius 1 is 1.10 bits per heavy atom. The van der Waals surface area contributed by atoms with Gasteiger partial charge >= 0.3 is 0 Å². The third-order valence-corrected chi connectivity index (χ3v) is 6.78. The molecule has 3 heterocycles. The predicted molar refractivity (Wildman–Crippen MR) is 119 cm³/mol. The van der Waals surface area contributed by atoms with Gasteiger partial charge in [-0.1, -0.05) is 12.1 Å². The highest BCUT2D eigenvalue weighted by molar-refractivity contribution is 7.99. The summed E-state index contributed by atoms with van der Waals surface area (Å²) in [7, 11) is 1.77. The number of hydrogen-bond acceptors (Lipinski definition) is 5. The molecule has 1 aromatic carbocycles. The van der Waals surface area contributed by atoms with Crippen LogP contribution in [0, 0.1) is 0 Å². The lowest BCUT2D eigenvalue weighted by Crippen LogP contribution is -2.46. The second-order valence-corrected chi connectivity index (χ2v) is 9.03. The lowest BCUT2D eigenvalue weighted by molar-refractivity contribution is -0.134. The molecule has 0 saturated carbocycles. The zero-order valence-electron chi connectivity index (χ0n) is 17.6. The molecule has 0 spiro atoms. The fourth-order valence-electron chi connectivity index (χ4n) is 4.02. The van der Waals surface area contributed by atoms with Gasteiger partial charge in [-0.25, -0.2) is 0 Å². The number of thioether (sulfide) groups is 1. The van der Waals surface area contributed by atoms with E-state index < -0.39 is 0 Å². The van der Waals surface area contributed by atoms with E-state index in [-0.39, 0.29) is 36.6 Å². The number of aromatic nitrogens is 2. The molecule has 0 unspecified atom stereocenters. The number of anilines is 1. The standard InChI is InChI=1S/C22H27N5O3S/c1-25-15-16(14-23-25)22(30)24-17-8-10-26(11-9-17)20(28)6-7-21(29)27-12-13-31-19-5-3-2-4-18(19)27/h2-5,14-15,17H,6-13H2,1H3,(H,24,30). The monoisotopic (exact) mass is 441 g/mol. The summed E-state index contributed by atoms with van der Waals surface area (Å²) in [5.74, 6) is 0.739. The van der Waals surface area contributed by atoms with Crippen molar-refractivity contribution in [1.82, 2.24) is 20.0 Å². The van der Waals surface area contributed by atoms with Gasteiger partial charge in [0, 0.05) is 62.4 Å². The molecule has 2 aliphatic rings. The number of benzene rings is 1. The van der Waals surface area contributed by atoms with E-state index in [1.807, 2.05) is 24.3 Å². The fourth-order valence-corrected chi connectivity index (χ4v) is 5.01. The molecule has 1 fully saturated rings. The molecule has 1 N–H and O–H groups in total. The Morgan fingerprint density at radius 3 is 2.58 bits per heavy atom. The first-order valence-corrected chi connectivity index (χ1v) is 11.6. The van der Waals surface area contributed by atoms with Gasteiger partial charge in [-0.05, 0) is 25.0 Å². The molecule has 4 rings (SSSR count). The second-order valence-electron chi connectivity index (χ2n) is 7.89. The highest BCUT2D eigenvalue weighted by atomic mass is 32.2. The van der Waals surface area contributed by atoms with Crippen molar-refractivity contribution in [3.05, 3.63) is 42.2 Å². The number of carbonyl (C=O) groups excluding carboxylic acids is 3. The Bertz CT molecular complexity index is 968. The summed E-state index contributed by atoms with van der Waals surface area (Å²) < 4.78 is 1.60. The molecule has 8 nitrogen and oxygen atoms in total. The molecule has 1 aromatic heterocycles. The topological polar surface area (TPSA) is 87.5 Å². The van der Waals surface area contributed by atoms with Crippen molar-refractivity contribution in [3.8, 4) is 0 Å². The molecule has 2 aromatic rings. The van der Waals surface area contributed by atoms with E-state index in [2.05, 4.69) is 10.4 Å². The van der Waals surface area contributed by atoms with Gasteiger partial charge in [-0.15, -0.1) is 11.8 Å². The molecule has 3 amide bonds. The number of rotatable bonds is 5. The maximum atomic E-state index is 12.7. The van der Waals surface area contributed by atoms with E-state index in [1.165, 1.54) is 0 Å². The number of amides is 3. The Kier molecular flexibility index (Phi) is 6.60. The van der Waals surface area contributed by atoms with Crippen LogP contribution in [0.2, 0.25) is 0 Å². The van der Waals surface area contributed by atoms with Crippen LogP contribution in [0.15, 0.2) is 41.6 Å². The van der Waals surface area contributed by atoms with Gasteiger partial charge in [0.2, 0.25) is 11.8 Å². The molecule has 9 heteroatoms. The van der Waals surface area contributed by atoms with Crippen molar-refractivity contribution in [3.63, 3.8) is 0 Å². The average Bonchev–Trinajstić information content (AvgIpc) is 3.24. The van der Waals surface area contributed by atoms with Crippen LogP contribution in [0.25, 0.3) is 0 Å². The van der Waals surface area contributed by atoms with E-state index in [0.29, 0.717) is 38.0 Å². The molecular formula is C22H27N5O3S. The molecule has 0 atom stereocenters. The highest BCUT2D eigenvalue weighted by Crippen LogP contribution is 2.34. The minimum atomic E-state index is -0.136. The van der Waals surface area contributed by atoms with Crippen LogP contribution in [-0.2, 0) is 16.6 Å². The van der Waals surface area contributed by atoms with Gasteiger partial charge in [-0.3, -0.25) is 19.1 Å². The van der Waals surface area contributed by atoms with Crippen LogP contribution in [0.3, 0.4) is 0 Å². The Morgan fingerprint density at radius 2 is 1.84 bits per heavy atom. The van der Waals surface area contributed by atoms with Gasteiger partial charge in [-0.2, -0.15) is 5.10 Å². The third kappa shape index (κ3) is 5.10. The van der Waals surface area contributed by atoms with Crippen LogP contribution in [0.1, 0.15) is 36.0 Å². The van der Waals surface area contributed by atoms with Gasteiger partial charge in [0.05, 0.1) is 17.4 Å². The SMILES string of the molecule is Cn1cc(C(=O)NC2CCN(C(=O)CCC(=O)N3CCSc4ccccc43)CC2)cn1. The van der Waals surface area contributed by atoms with Gasteiger partial charge < -0.3 is 15.1 Å². The van der Waals surface area contributed by atoms with E-state index in [0.717, 1.165) is 16.3 Å². The van der Waals surface area contributed by atoms with E-state index in [9.17, 15) is 14.4 Å². The second kappa shape index (κ2) is 9.55. The maximum absolute atomic E-state index is 12.7. The zero-order chi connectivity index (χ0) is 21.8. The number of para-hydroxylation sites is 1. The van der Waals surface area contributed by atoms with E-state index in [1.54, 1.807) is 45.7 Å². The van der Waals surface area contributed by atoms with E-state index >= 15 is 0 Å². The lowest BCUT2D eigenvalue weighted by Gasteiger charge is -2.33. The summed E-state index contributed by atoms with van der Waals surface area (Å²) in [6.07, 6.45) is 5.09. The number of carbonyl (C=O) groups is 3. The number of likely N-dealkylation sites (tertiary alicyclic amines) is 1. The molecule has 2 aliphatic heterocycles. The fraction of sp³-hybridized carbons (Fsp3) is 0.455. The number of hydrogen-bond donors (Lipinski definition) is 1. The average molecular weight is 442 g/mol. The summed E-state index contributed by atoms with van der Waals surface area (Å²) in [4.78, 5) is 42.4. The first kappa shape index (κ1) is 21.4. The van der Waals surface area contributed by atoms with Crippen molar-refractivity contribution < 1.29 is 14.4 Å². The minimum absolute atomic E-state index is 0.000259. The Labute approximate surface area is 186 Å². The molecule has 0 aliphatic carbocycles. The van der Waals surface area contributed by atoms with Crippen LogP contribution in [-0.4, -0.2) is 63.8 Å². The van der Waals surface area contributed by atoms with Gasteiger partial charge in [0.25, 0.3) is 5.91 Å². The first-order chi connectivity index (χ1) is 15.0. The molecule has 164 valence electrons. The lowest BCUT2D eigenvalue weighted by atomic mass is 10.0. The Hall–Kier alpha value is -2.81. The maximum Gasteiger partial charge on any atom is 0.254 e. The van der Waals surface area contributed by atoms with E-state index in [4.69, 9.17) is 0 Å². The van der Waals surface area contributed by atoms with Gasteiger partial charge in [0.1, 0.15) is 0 Å². The summed E-state index contributed by atoms with van der Waals surface area (Å²) in [5, 5.41) is 7.04. The first-order valence-electron chi connectivity index (χ1n) is 10.6. The van der Waals surface area contributed by atoms with Crippen LogP contribution in [0.5, 0.6) is 0 Å². The summed E-state index contributed by atoms with van der Waals surface area (Å²) >= 11 is 1.76. The van der Waals surface area contributed by atoms with Crippen molar-refractivity contribution in [1.29, 1.82) is 0 Å². The summed E-state index contributed by atoms with van der Waals surface area (Å²) in [6.45, 7) is 1.86. The van der Waals surface area contributed by atoms with Crippen molar-refractivity contribution in [2.24, 2.45) is 7.05 Å². The largest absolute Gasteiger partial charge is 0.349 e. The Balaban J connectivity index is 1.22. The van der Waals surface area contributed by atoms with Crippen molar-refractivity contribution in [2.75, 3.05) is 30.3 Å². The molecule has 0 bridgehead atoms. The van der Waals surface area contributed by atoms with Gasteiger partial charge in [0.15, 0.2) is 0 Å². The van der Waals surface area contributed by atoms with Crippen LogP contribution in [0.4, 0.5) is 5.69 Å². The molecule has 0 radical (unpaired) electrons. The number of nitrogens with zero attached hydrogens (tertiary/aromatic N) is 4. The predicted octanol–water partition coefficient (Wildman–Crippen LogP) is 2.06. The minimum Gasteiger partial charge on any atom is -0.349 e. The molecule has 31 heavy (non-hydrogen) atoms. The van der Waals surface area contributed by atoms with Crippen molar-refractivity contribution in [2.45, 2.75) is 36.6 Å². The molecular weight excluding hydrogens is 414 g/mol. The smallest absolute Gasteiger partial charge is 0.254 e. The summed E-state index contributed by atoms with van der Waals surface area (Å²) in [5.41, 5.74) is 1.48. The quantitative estimate of drug-likeness (QED) is 0.768. The van der Waals surface area contributed by atoms with Crippen LogP contribution < -0.4 is 10.2 Å². The number of piperidine rings is 1. The van der Waals surface area contributed by atoms with Crippen LogP contribution >= 0.6 is 11.8 Å². The van der Waals surface area contributed by atoms with Crippen molar-refractivity contribution >= 4 is 35.2 Å². The summed E-state index contributed by atoms with van der Waals surface area (Å²) in [6, 6.07) is 7.95. The number of aryl methyl sites for hydroxylation is 1.